The van der Waals surface area contributed by atoms with Crippen LogP contribution in [0.4, 0.5) is 0 Å². The predicted molar refractivity (Wildman–Crippen MR) is 63.2 cm³/mol. The van der Waals surface area contributed by atoms with Crippen LogP contribution >= 0.6 is 0 Å². The lowest BCUT2D eigenvalue weighted by molar-refractivity contribution is 0.0699. The van der Waals surface area contributed by atoms with Crippen molar-refractivity contribution in [1.29, 1.82) is 0 Å². The Bertz CT molecular complexity index is 646. The lowest BCUT2D eigenvalue weighted by Gasteiger charge is -2.14. The van der Waals surface area contributed by atoms with Crippen molar-refractivity contribution in [2.24, 2.45) is 0 Å². The van der Waals surface area contributed by atoms with Gasteiger partial charge in [-0.1, -0.05) is 12.1 Å². The summed E-state index contributed by atoms with van der Waals surface area (Å²) in [5, 5.41) is 9.83. The van der Waals surface area contributed by atoms with Gasteiger partial charge in [-0.25, -0.2) is 4.79 Å². The number of pyridine rings is 1. The van der Waals surface area contributed by atoms with Crippen LogP contribution in [-0.4, -0.2) is 22.7 Å². The number of fused-ring (bicyclic) bond motifs is 3. The maximum atomic E-state index is 11.1. The minimum Gasteiger partial charge on any atom is -0.488 e. The molecule has 1 N–H and O–H groups in total. The molecule has 1 aromatic heterocycles. The van der Waals surface area contributed by atoms with E-state index in [-0.39, 0.29) is 5.56 Å². The number of para-hydroxylation sites is 1. The van der Waals surface area contributed by atoms with Crippen LogP contribution in [0, 0.1) is 0 Å². The number of rotatable bonds is 1. The van der Waals surface area contributed by atoms with Gasteiger partial charge in [0.25, 0.3) is 0 Å². The summed E-state index contributed by atoms with van der Waals surface area (Å²) in [5.41, 5.74) is 1.55. The Labute approximate surface area is 97.2 Å². The van der Waals surface area contributed by atoms with E-state index in [0.29, 0.717) is 17.9 Å². The number of carboxylic acid groups (broad SMARTS) is 1. The second-order valence-electron chi connectivity index (χ2n) is 3.76. The fourth-order valence-electron chi connectivity index (χ4n) is 1.97. The van der Waals surface area contributed by atoms with E-state index in [0.717, 1.165) is 10.9 Å². The first-order valence-electron chi connectivity index (χ1n) is 5.22. The predicted octanol–water partition coefficient (Wildman–Crippen LogP) is 2.34. The van der Waals surface area contributed by atoms with Crippen LogP contribution < -0.4 is 4.74 Å². The normalized spacial score (nSPS) is 13.2. The van der Waals surface area contributed by atoms with E-state index in [2.05, 4.69) is 4.98 Å². The highest BCUT2D eigenvalue weighted by atomic mass is 16.5. The van der Waals surface area contributed by atoms with E-state index in [9.17, 15) is 4.79 Å². The van der Waals surface area contributed by atoms with E-state index in [1.807, 2.05) is 18.2 Å². The summed E-state index contributed by atoms with van der Waals surface area (Å²) in [5.74, 6) is -0.269. The van der Waals surface area contributed by atoms with Crippen LogP contribution in [0.3, 0.4) is 0 Å². The second-order valence-corrected chi connectivity index (χ2v) is 3.76. The fourth-order valence-corrected chi connectivity index (χ4v) is 1.97. The molecule has 84 valence electrons. The molecule has 1 aliphatic rings. The first-order chi connectivity index (χ1) is 8.27. The summed E-state index contributed by atoms with van der Waals surface area (Å²) in [7, 11) is 0. The molecular weight excluding hydrogens is 218 g/mol. The van der Waals surface area contributed by atoms with Gasteiger partial charge >= 0.3 is 5.97 Å². The Morgan fingerprint density at radius 2 is 2.29 bits per heavy atom. The molecule has 4 heteroatoms. The molecule has 17 heavy (non-hydrogen) atoms. The molecule has 0 aliphatic carbocycles. The van der Waals surface area contributed by atoms with Crippen molar-refractivity contribution in [2.75, 3.05) is 6.61 Å². The van der Waals surface area contributed by atoms with Gasteiger partial charge in [0.1, 0.15) is 12.4 Å². The number of hydrogen-bond donors (Lipinski definition) is 1. The van der Waals surface area contributed by atoms with E-state index in [4.69, 9.17) is 9.84 Å². The second kappa shape index (κ2) is 3.59. The highest BCUT2D eigenvalue weighted by Gasteiger charge is 2.15. The molecular formula is C13H9NO3. The zero-order valence-electron chi connectivity index (χ0n) is 8.88. The molecule has 3 rings (SSSR count). The molecule has 2 heterocycles. The molecule has 0 atom stereocenters. The van der Waals surface area contributed by atoms with Crippen molar-refractivity contribution in [3.05, 3.63) is 41.6 Å². The van der Waals surface area contributed by atoms with Crippen LogP contribution in [0.15, 0.2) is 30.5 Å². The summed E-state index contributed by atoms with van der Waals surface area (Å²) < 4.78 is 5.55. The molecule has 0 amide bonds. The Morgan fingerprint density at radius 1 is 1.41 bits per heavy atom. The van der Waals surface area contributed by atoms with Crippen LogP contribution in [0.2, 0.25) is 0 Å². The van der Waals surface area contributed by atoms with Crippen molar-refractivity contribution < 1.29 is 14.6 Å². The first kappa shape index (κ1) is 9.84. The summed E-state index contributed by atoms with van der Waals surface area (Å²) in [6.07, 6.45) is 5.47. The summed E-state index contributed by atoms with van der Waals surface area (Å²) in [6.45, 7) is 0.503. The van der Waals surface area contributed by atoms with Crippen LogP contribution in [0.1, 0.15) is 15.9 Å². The molecule has 2 aromatic rings. The number of benzene rings is 1. The summed E-state index contributed by atoms with van der Waals surface area (Å²) >= 11 is 0. The number of carboxylic acids is 1. The van der Waals surface area contributed by atoms with E-state index >= 15 is 0 Å². The molecule has 1 aliphatic heterocycles. The van der Waals surface area contributed by atoms with E-state index in [1.54, 1.807) is 18.3 Å². The molecule has 0 radical (unpaired) electrons. The number of aromatic nitrogens is 1. The third-order valence-corrected chi connectivity index (χ3v) is 2.73. The smallest absolute Gasteiger partial charge is 0.337 e. The molecule has 0 bridgehead atoms. The molecule has 0 fully saturated rings. The number of hydrogen-bond acceptors (Lipinski definition) is 3. The van der Waals surface area contributed by atoms with Gasteiger partial charge in [0.2, 0.25) is 0 Å². The summed E-state index contributed by atoms with van der Waals surface area (Å²) in [6, 6.07) is 5.07. The average molecular weight is 227 g/mol. The third-order valence-electron chi connectivity index (χ3n) is 2.73. The quantitative estimate of drug-likeness (QED) is 0.812. The van der Waals surface area contributed by atoms with Crippen LogP contribution in [0.5, 0.6) is 5.75 Å². The molecule has 4 nitrogen and oxygen atoms in total. The van der Waals surface area contributed by atoms with Crippen molar-refractivity contribution in [2.45, 2.75) is 0 Å². The number of ether oxygens (including phenoxy) is 1. The molecule has 0 spiro atoms. The fraction of sp³-hybridized carbons (Fsp3) is 0.0769. The van der Waals surface area contributed by atoms with Gasteiger partial charge in [-0.2, -0.15) is 0 Å². The zero-order valence-corrected chi connectivity index (χ0v) is 8.88. The summed E-state index contributed by atoms with van der Waals surface area (Å²) in [4.78, 5) is 15.3. The van der Waals surface area contributed by atoms with Crippen LogP contribution in [0.25, 0.3) is 17.0 Å². The lowest BCUT2D eigenvalue weighted by atomic mass is 10.1. The Balaban J connectivity index is 2.38. The first-order valence-corrected chi connectivity index (χ1v) is 5.22. The van der Waals surface area contributed by atoms with Gasteiger partial charge in [0, 0.05) is 17.1 Å². The van der Waals surface area contributed by atoms with Crippen molar-refractivity contribution in [1.82, 2.24) is 4.98 Å². The maximum Gasteiger partial charge on any atom is 0.337 e. The largest absolute Gasteiger partial charge is 0.488 e. The minimum atomic E-state index is -0.977. The number of carbonyl (C=O) groups is 1. The van der Waals surface area contributed by atoms with Gasteiger partial charge in [-0.3, -0.25) is 4.98 Å². The van der Waals surface area contributed by atoms with Crippen LogP contribution in [-0.2, 0) is 0 Å². The SMILES string of the molecule is O=C(O)c1cccc2c3c(cnc12)C=CCO3. The topological polar surface area (TPSA) is 59.4 Å². The molecule has 0 unspecified atom stereocenters. The van der Waals surface area contributed by atoms with Crippen molar-refractivity contribution in [3.63, 3.8) is 0 Å². The van der Waals surface area contributed by atoms with Gasteiger partial charge in [0.15, 0.2) is 0 Å². The van der Waals surface area contributed by atoms with Gasteiger partial charge in [-0.15, -0.1) is 0 Å². The van der Waals surface area contributed by atoms with Gasteiger partial charge in [-0.05, 0) is 18.2 Å². The Morgan fingerprint density at radius 3 is 3.12 bits per heavy atom. The average Bonchev–Trinajstić information content (AvgIpc) is 2.37. The molecule has 1 aromatic carbocycles. The van der Waals surface area contributed by atoms with E-state index in [1.165, 1.54) is 0 Å². The lowest BCUT2D eigenvalue weighted by Crippen LogP contribution is -2.04. The third kappa shape index (κ3) is 1.45. The van der Waals surface area contributed by atoms with E-state index < -0.39 is 5.97 Å². The van der Waals surface area contributed by atoms with Gasteiger partial charge in [0.05, 0.1) is 11.1 Å². The highest BCUT2D eigenvalue weighted by Crippen LogP contribution is 2.32. The Hall–Kier alpha value is -2.36. The Kier molecular flexibility index (Phi) is 2.08. The molecule has 0 saturated heterocycles. The minimum absolute atomic E-state index is 0.198. The van der Waals surface area contributed by atoms with Gasteiger partial charge < -0.3 is 9.84 Å². The highest BCUT2D eigenvalue weighted by molar-refractivity contribution is 6.04. The number of nitrogens with zero attached hydrogens (tertiary/aromatic N) is 1. The van der Waals surface area contributed by atoms with Crippen molar-refractivity contribution >= 4 is 22.9 Å². The standard InChI is InChI=1S/C13H9NO3/c15-13(16)10-5-1-4-9-11(10)14-7-8-3-2-6-17-12(8)9/h1-5,7H,6H2,(H,15,16). The molecule has 0 saturated carbocycles. The number of aromatic carboxylic acids is 1. The monoisotopic (exact) mass is 227 g/mol. The maximum absolute atomic E-state index is 11.1. The zero-order chi connectivity index (χ0) is 11.8. The van der Waals surface area contributed by atoms with Crippen molar-refractivity contribution in [3.8, 4) is 5.75 Å².